The van der Waals surface area contributed by atoms with Crippen LogP contribution in [0, 0.1) is 11.8 Å². The van der Waals surface area contributed by atoms with E-state index >= 15 is 0 Å². The van der Waals surface area contributed by atoms with E-state index < -0.39 is 14.8 Å². The molecule has 3 rings (SSSR count). The summed E-state index contributed by atoms with van der Waals surface area (Å²) in [6, 6.07) is 14.4. The number of nitrogens with one attached hydrogen (secondary N) is 2. The van der Waals surface area contributed by atoms with Gasteiger partial charge in [0.25, 0.3) is 5.91 Å². The largest absolute Gasteiger partial charge is 0.371 e. The second-order valence-corrected chi connectivity index (χ2v) is 12.1. The Labute approximate surface area is 186 Å². The first kappa shape index (κ1) is 23.1. The van der Waals surface area contributed by atoms with Gasteiger partial charge >= 0.3 is 0 Å². The molecule has 0 radical (unpaired) electrons. The van der Waals surface area contributed by atoms with Crippen molar-refractivity contribution in [2.45, 2.75) is 45.8 Å². The lowest BCUT2D eigenvalue weighted by Gasteiger charge is -2.36. The summed E-state index contributed by atoms with van der Waals surface area (Å²) >= 11 is 0. The molecule has 1 aliphatic rings. The van der Waals surface area contributed by atoms with E-state index in [1.165, 1.54) is 12.1 Å². The molecule has 0 saturated carbocycles. The lowest BCUT2D eigenvalue weighted by atomic mass is 9.91. The summed E-state index contributed by atoms with van der Waals surface area (Å²) in [6.07, 6.45) is 1.26. The van der Waals surface area contributed by atoms with E-state index in [0.717, 1.165) is 18.8 Å². The van der Waals surface area contributed by atoms with Crippen molar-refractivity contribution in [3.63, 3.8) is 0 Å². The fourth-order valence-electron chi connectivity index (χ4n) is 3.83. The average molecular weight is 444 g/mol. The summed E-state index contributed by atoms with van der Waals surface area (Å²) in [4.78, 5) is 15.0. The molecular weight excluding hydrogens is 410 g/mol. The number of piperidine rings is 1. The van der Waals surface area contributed by atoms with E-state index in [9.17, 15) is 13.2 Å². The summed E-state index contributed by atoms with van der Waals surface area (Å²) in [5.41, 5.74) is 2.79. The summed E-state index contributed by atoms with van der Waals surface area (Å²) in [6.45, 7) is 11.6. The van der Waals surface area contributed by atoms with Crippen LogP contribution in [0.2, 0.25) is 0 Å². The lowest BCUT2D eigenvalue weighted by Crippen LogP contribution is -2.38. The summed E-state index contributed by atoms with van der Waals surface area (Å²) in [5, 5.41) is 2.90. The van der Waals surface area contributed by atoms with Crippen LogP contribution in [-0.4, -0.2) is 32.2 Å². The highest BCUT2D eigenvalue weighted by Gasteiger charge is 2.28. The summed E-state index contributed by atoms with van der Waals surface area (Å²) < 4.78 is 26.2. The maximum absolute atomic E-state index is 12.6. The highest BCUT2D eigenvalue weighted by Crippen LogP contribution is 2.27. The number of hydrogen-bond acceptors (Lipinski definition) is 4. The second kappa shape index (κ2) is 8.91. The highest BCUT2D eigenvalue weighted by molar-refractivity contribution is 7.94. The summed E-state index contributed by atoms with van der Waals surface area (Å²) in [7, 11) is -3.51. The lowest BCUT2D eigenvalue weighted by molar-refractivity contribution is 0.102. The van der Waals surface area contributed by atoms with Crippen LogP contribution in [0.15, 0.2) is 48.5 Å². The normalized spacial score (nSPS) is 19.7. The summed E-state index contributed by atoms with van der Waals surface area (Å²) in [5.74, 6) is 1.12. The molecule has 2 N–H and O–H groups in total. The van der Waals surface area contributed by atoms with Crippen LogP contribution in [0.3, 0.4) is 0 Å². The maximum atomic E-state index is 12.6. The van der Waals surface area contributed by atoms with Crippen molar-refractivity contribution in [2.75, 3.05) is 28.0 Å². The third-order valence-electron chi connectivity index (χ3n) is 5.56. The first-order valence-electron chi connectivity index (χ1n) is 10.7. The Hall–Kier alpha value is -2.54. The maximum Gasteiger partial charge on any atom is 0.255 e. The standard InChI is InChI=1S/C24H33N3O3S/c1-17-14-18(2)16-27(15-17)22-12-10-20(11-13-22)25-23(28)19-6-8-21(9-7-19)26-31(29,30)24(3,4)5/h6-13,17-18,26H,14-16H2,1-5H3,(H,25,28)/t17-,18-/m1/s1. The Bertz CT molecular complexity index is 1000. The van der Waals surface area contributed by atoms with E-state index in [2.05, 4.69) is 28.8 Å². The van der Waals surface area contributed by atoms with Gasteiger partial charge in [0.1, 0.15) is 0 Å². The van der Waals surface area contributed by atoms with E-state index in [-0.39, 0.29) is 5.91 Å². The fourth-order valence-corrected chi connectivity index (χ4v) is 4.58. The number of hydrogen-bond donors (Lipinski definition) is 2. The van der Waals surface area contributed by atoms with Crippen LogP contribution in [0.5, 0.6) is 0 Å². The van der Waals surface area contributed by atoms with Crippen molar-refractivity contribution < 1.29 is 13.2 Å². The van der Waals surface area contributed by atoms with Gasteiger partial charge in [-0.05, 0) is 87.6 Å². The van der Waals surface area contributed by atoms with Crippen molar-refractivity contribution in [3.8, 4) is 0 Å². The molecule has 31 heavy (non-hydrogen) atoms. The number of carbonyl (C=O) groups is 1. The molecule has 2 atom stereocenters. The minimum atomic E-state index is -3.51. The zero-order valence-corrected chi connectivity index (χ0v) is 19.8. The van der Waals surface area contributed by atoms with Crippen molar-refractivity contribution in [1.82, 2.24) is 0 Å². The Balaban J connectivity index is 1.62. The minimum absolute atomic E-state index is 0.238. The number of sulfonamides is 1. The van der Waals surface area contributed by atoms with Gasteiger partial charge in [0.2, 0.25) is 10.0 Å². The van der Waals surface area contributed by atoms with Gasteiger partial charge < -0.3 is 10.2 Å². The Morgan fingerprint density at radius 2 is 1.42 bits per heavy atom. The molecule has 1 amide bonds. The third-order valence-corrected chi connectivity index (χ3v) is 7.68. The van der Waals surface area contributed by atoms with Crippen LogP contribution >= 0.6 is 0 Å². The zero-order chi connectivity index (χ0) is 22.8. The average Bonchev–Trinajstić information content (AvgIpc) is 2.67. The molecule has 2 aromatic rings. The smallest absolute Gasteiger partial charge is 0.255 e. The first-order chi connectivity index (χ1) is 14.4. The molecule has 1 fully saturated rings. The van der Waals surface area contributed by atoms with E-state index in [1.807, 2.05) is 24.3 Å². The highest BCUT2D eigenvalue weighted by atomic mass is 32.2. The monoisotopic (exact) mass is 443 g/mol. The molecule has 1 aliphatic heterocycles. The number of nitrogens with zero attached hydrogens (tertiary/aromatic N) is 1. The van der Waals surface area contributed by atoms with Crippen LogP contribution in [-0.2, 0) is 10.0 Å². The van der Waals surface area contributed by atoms with Crippen molar-refractivity contribution in [3.05, 3.63) is 54.1 Å². The first-order valence-corrected chi connectivity index (χ1v) is 12.2. The number of anilines is 3. The van der Waals surface area contributed by atoms with Gasteiger partial charge in [-0.15, -0.1) is 0 Å². The quantitative estimate of drug-likeness (QED) is 0.684. The number of amides is 1. The van der Waals surface area contributed by atoms with Gasteiger partial charge in [-0.1, -0.05) is 13.8 Å². The third kappa shape index (κ3) is 5.79. The molecular formula is C24H33N3O3S. The number of carbonyl (C=O) groups excluding carboxylic acids is 1. The predicted molar refractivity (Wildman–Crippen MR) is 128 cm³/mol. The Kier molecular flexibility index (Phi) is 6.65. The molecule has 7 heteroatoms. The van der Waals surface area contributed by atoms with Gasteiger partial charge in [0, 0.05) is 35.7 Å². The van der Waals surface area contributed by atoms with Crippen molar-refractivity contribution in [2.24, 2.45) is 11.8 Å². The van der Waals surface area contributed by atoms with Gasteiger partial charge in [0.05, 0.1) is 4.75 Å². The molecule has 0 bridgehead atoms. The van der Waals surface area contributed by atoms with Gasteiger partial charge in [-0.25, -0.2) is 8.42 Å². The molecule has 0 aromatic heterocycles. The Morgan fingerprint density at radius 1 is 0.903 bits per heavy atom. The van der Waals surface area contributed by atoms with Crippen molar-refractivity contribution in [1.29, 1.82) is 0 Å². The molecule has 0 aliphatic carbocycles. The Morgan fingerprint density at radius 3 is 1.94 bits per heavy atom. The SMILES string of the molecule is C[C@@H]1C[C@@H](C)CN(c2ccc(NC(=O)c3ccc(NS(=O)(=O)C(C)(C)C)cc3)cc2)C1. The molecule has 0 spiro atoms. The van der Waals surface area contributed by atoms with Gasteiger partial charge in [0.15, 0.2) is 0 Å². The van der Waals surface area contributed by atoms with Gasteiger partial charge in [-0.3, -0.25) is 9.52 Å². The topological polar surface area (TPSA) is 78.5 Å². The van der Waals surface area contributed by atoms with Crippen LogP contribution < -0.4 is 14.9 Å². The van der Waals surface area contributed by atoms with E-state index in [0.29, 0.717) is 23.1 Å². The molecule has 0 unspecified atom stereocenters. The zero-order valence-electron chi connectivity index (χ0n) is 19.0. The minimum Gasteiger partial charge on any atom is -0.371 e. The fraction of sp³-hybridized carbons (Fsp3) is 0.458. The molecule has 1 saturated heterocycles. The van der Waals surface area contributed by atoms with Crippen LogP contribution in [0.4, 0.5) is 17.1 Å². The van der Waals surface area contributed by atoms with Crippen molar-refractivity contribution >= 4 is 33.0 Å². The van der Waals surface area contributed by atoms with E-state index in [4.69, 9.17) is 0 Å². The molecule has 6 nitrogen and oxygen atoms in total. The molecule has 168 valence electrons. The predicted octanol–water partition coefficient (Wildman–Crippen LogP) is 4.96. The van der Waals surface area contributed by atoms with Gasteiger partial charge in [-0.2, -0.15) is 0 Å². The molecule has 1 heterocycles. The number of benzene rings is 2. The van der Waals surface area contributed by atoms with Crippen LogP contribution in [0.1, 0.15) is 51.4 Å². The van der Waals surface area contributed by atoms with E-state index in [1.54, 1.807) is 45.0 Å². The second-order valence-electron chi connectivity index (χ2n) is 9.65. The van der Waals surface area contributed by atoms with Crippen LogP contribution in [0.25, 0.3) is 0 Å². The number of rotatable bonds is 5. The molecule has 2 aromatic carbocycles.